The number of fused-ring (bicyclic) bond motifs is 1. The fourth-order valence-corrected chi connectivity index (χ4v) is 6.22. The van der Waals surface area contributed by atoms with Crippen molar-refractivity contribution in [1.82, 2.24) is 4.31 Å². The second-order valence-corrected chi connectivity index (χ2v) is 10.4. The zero-order valence-corrected chi connectivity index (χ0v) is 19.3. The van der Waals surface area contributed by atoms with Gasteiger partial charge in [-0.25, -0.2) is 8.42 Å². The van der Waals surface area contributed by atoms with Gasteiger partial charge in [-0.1, -0.05) is 37.5 Å². The lowest BCUT2D eigenvalue weighted by Gasteiger charge is -2.31. The SMILES string of the molecule is COc1ccc(S(=O)(=O)N2Cc3ccccc3N(C(=O)C3CCCCC3)CC2C(=O)O)cc1. The number of benzene rings is 2. The molecule has 8 nitrogen and oxygen atoms in total. The number of methoxy groups -OCH3 is 1. The van der Waals surface area contributed by atoms with E-state index < -0.39 is 22.0 Å². The first-order valence-electron chi connectivity index (χ1n) is 11.1. The summed E-state index contributed by atoms with van der Waals surface area (Å²) < 4.78 is 33.2. The van der Waals surface area contributed by atoms with Crippen molar-refractivity contribution in [3.05, 3.63) is 54.1 Å². The van der Waals surface area contributed by atoms with Crippen LogP contribution in [0.3, 0.4) is 0 Å². The highest BCUT2D eigenvalue weighted by atomic mass is 32.2. The number of hydrogen-bond acceptors (Lipinski definition) is 5. The molecule has 1 fully saturated rings. The van der Waals surface area contributed by atoms with Crippen LogP contribution in [0.1, 0.15) is 37.7 Å². The number of carbonyl (C=O) groups excluding carboxylic acids is 1. The number of aliphatic carboxylic acids is 1. The molecule has 2 aliphatic rings. The molecule has 2 aromatic carbocycles. The summed E-state index contributed by atoms with van der Waals surface area (Å²) in [6.45, 7) is -0.382. The van der Waals surface area contributed by atoms with E-state index in [2.05, 4.69) is 0 Å². The summed E-state index contributed by atoms with van der Waals surface area (Å²) in [7, 11) is -2.68. The van der Waals surface area contributed by atoms with Gasteiger partial charge in [-0.2, -0.15) is 4.31 Å². The molecule has 1 aliphatic heterocycles. The number of carboxylic acids is 1. The lowest BCUT2D eigenvalue weighted by Crippen LogP contribution is -2.51. The first-order valence-corrected chi connectivity index (χ1v) is 12.5. The van der Waals surface area contributed by atoms with Gasteiger partial charge in [0.25, 0.3) is 0 Å². The molecule has 0 aromatic heterocycles. The Bertz CT molecular complexity index is 1130. The maximum absolute atomic E-state index is 13.6. The van der Waals surface area contributed by atoms with Crippen LogP contribution >= 0.6 is 0 Å². The molecule has 1 atom stereocenters. The van der Waals surface area contributed by atoms with Gasteiger partial charge in [0.15, 0.2) is 0 Å². The second-order valence-electron chi connectivity index (χ2n) is 8.49. The molecule has 4 rings (SSSR count). The molecular weight excluding hydrogens is 444 g/mol. The number of para-hydroxylation sites is 1. The number of rotatable bonds is 5. The summed E-state index contributed by atoms with van der Waals surface area (Å²) in [4.78, 5) is 27.3. The Morgan fingerprint density at radius 3 is 2.30 bits per heavy atom. The maximum Gasteiger partial charge on any atom is 0.323 e. The number of anilines is 1. The molecule has 1 N–H and O–H groups in total. The van der Waals surface area contributed by atoms with Crippen molar-refractivity contribution in [2.24, 2.45) is 5.92 Å². The predicted molar refractivity (Wildman–Crippen MR) is 123 cm³/mol. The first-order chi connectivity index (χ1) is 15.8. The zero-order valence-electron chi connectivity index (χ0n) is 18.5. The van der Waals surface area contributed by atoms with Crippen LogP contribution in [-0.2, 0) is 26.2 Å². The third-order valence-corrected chi connectivity index (χ3v) is 8.35. The van der Waals surface area contributed by atoms with Crippen LogP contribution < -0.4 is 9.64 Å². The Labute approximate surface area is 193 Å². The molecule has 0 radical (unpaired) electrons. The molecular formula is C24H28N2O6S. The lowest BCUT2D eigenvalue weighted by atomic mass is 9.88. The van der Waals surface area contributed by atoms with Crippen LogP contribution in [0.2, 0.25) is 0 Å². The highest BCUT2D eigenvalue weighted by Gasteiger charge is 2.42. The monoisotopic (exact) mass is 472 g/mol. The molecule has 1 amide bonds. The quantitative estimate of drug-likeness (QED) is 0.716. The molecule has 0 saturated heterocycles. The summed E-state index contributed by atoms with van der Waals surface area (Å²) in [6.07, 6.45) is 4.55. The lowest BCUT2D eigenvalue weighted by molar-refractivity contribution is -0.141. The average molecular weight is 473 g/mol. The van der Waals surface area contributed by atoms with Crippen LogP contribution in [0.15, 0.2) is 53.4 Å². The van der Waals surface area contributed by atoms with Crippen LogP contribution in [0.25, 0.3) is 0 Å². The fourth-order valence-electron chi connectivity index (χ4n) is 4.66. The zero-order chi connectivity index (χ0) is 23.6. The van der Waals surface area contributed by atoms with Gasteiger partial charge >= 0.3 is 5.97 Å². The molecule has 2 aromatic rings. The van der Waals surface area contributed by atoms with E-state index in [0.29, 0.717) is 17.0 Å². The van der Waals surface area contributed by atoms with Crippen molar-refractivity contribution in [3.8, 4) is 5.75 Å². The van der Waals surface area contributed by atoms with Gasteiger partial charge in [0.1, 0.15) is 11.8 Å². The molecule has 176 valence electrons. The van der Waals surface area contributed by atoms with Crippen molar-refractivity contribution in [2.45, 2.75) is 49.6 Å². The predicted octanol–water partition coefficient (Wildman–Crippen LogP) is 3.27. The van der Waals surface area contributed by atoms with Gasteiger partial charge in [-0.05, 0) is 48.7 Å². The Morgan fingerprint density at radius 2 is 1.67 bits per heavy atom. The van der Waals surface area contributed by atoms with Crippen molar-refractivity contribution in [1.29, 1.82) is 0 Å². The van der Waals surface area contributed by atoms with E-state index in [1.807, 2.05) is 0 Å². The van der Waals surface area contributed by atoms with Crippen LogP contribution in [0.4, 0.5) is 5.69 Å². The maximum atomic E-state index is 13.6. The summed E-state index contributed by atoms with van der Waals surface area (Å²) in [5.74, 6) is -1.10. The van der Waals surface area contributed by atoms with Gasteiger partial charge in [0, 0.05) is 18.2 Å². The van der Waals surface area contributed by atoms with Crippen molar-refractivity contribution in [3.63, 3.8) is 0 Å². The van der Waals surface area contributed by atoms with Gasteiger partial charge in [0.2, 0.25) is 15.9 Å². The van der Waals surface area contributed by atoms with E-state index in [-0.39, 0.29) is 29.8 Å². The van der Waals surface area contributed by atoms with E-state index >= 15 is 0 Å². The van der Waals surface area contributed by atoms with E-state index in [4.69, 9.17) is 4.74 Å². The minimum atomic E-state index is -4.16. The van der Waals surface area contributed by atoms with E-state index in [9.17, 15) is 23.1 Å². The van der Waals surface area contributed by atoms with Gasteiger partial charge in [0.05, 0.1) is 18.6 Å². The molecule has 1 heterocycles. The number of carboxylic acid groups (broad SMARTS) is 1. The molecule has 1 unspecified atom stereocenters. The van der Waals surface area contributed by atoms with Crippen molar-refractivity contribution < 1.29 is 27.9 Å². The number of hydrogen-bond donors (Lipinski definition) is 1. The number of ether oxygens (including phenoxy) is 1. The van der Waals surface area contributed by atoms with Crippen LogP contribution in [0, 0.1) is 5.92 Å². The number of carbonyl (C=O) groups is 2. The smallest absolute Gasteiger partial charge is 0.323 e. The normalized spacial score (nSPS) is 20.0. The number of amides is 1. The summed E-state index contributed by atoms with van der Waals surface area (Å²) in [5, 5.41) is 10.1. The summed E-state index contributed by atoms with van der Waals surface area (Å²) in [5.41, 5.74) is 1.18. The first kappa shape index (κ1) is 23.3. The Morgan fingerprint density at radius 1 is 1.00 bits per heavy atom. The van der Waals surface area contributed by atoms with Gasteiger partial charge in [-0.3, -0.25) is 9.59 Å². The standard InChI is InChI=1S/C24H28N2O6S/c1-32-19-11-13-20(14-12-19)33(30,31)26-15-18-9-5-6-10-21(18)25(16-22(26)24(28)29)23(27)17-7-3-2-4-8-17/h5-6,9-14,17,22H,2-4,7-8,15-16H2,1H3,(H,28,29). The second kappa shape index (κ2) is 9.52. The minimum absolute atomic E-state index is 0.0286. The van der Waals surface area contributed by atoms with E-state index in [1.165, 1.54) is 36.3 Å². The largest absolute Gasteiger partial charge is 0.497 e. The fraction of sp³-hybridized carbons (Fsp3) is 0.417. The highest BCUT2D eigenvalue weighted by Crippen LogP contribution is 2.34. The third kappa shape index (κ3) is 4.60. The third-order valence-electron chi connectivity index (χ3n) is 6.48. The Hall–Kier alpha value is -2.91. The highest BCUT2D eigenvalue weighted by molar-refractivity contribution is 7.89. The van der Waals surface area contributed by atoms with Crippen LogP contribution in [0.5, 0.6) is 5.75 Å². The van der Waals surface area contributed by atoms with E-state index in [1.54, 1.807) is 24.3 Å². The molecule has 1 aliphatic carbocycles. The van der Waals surface area contributed by atoms with E-state index in [0.717, 1.165) is 36.4 Å². The topological polar surface area (TPSA) is 104 Å². The Kier molecular flexibility index (Phi) is 6.71. The molecule has 33 heavy (non-hydrogen) atoms. The Balaban J connectivity index is 1.76. The van der Waals surface area contributed by atoms with Gasteiger partial charge in [-0.15, -0.1) is 0 Å². The number of sulfonamides is 1. The van der Waals surface area contributed by atoms with Crippen LogP contribution in [-0.4, -0.2) is 49.4 Å². The van der Waals surface area contributed by atoms with Gasteiger partial charge < -0.3 is 14.7 Å². The molecule has 0 spiro atoms. The van der Waals surface area contributed by atoms with Crippen molar-refractivity contribution in [2.75, 3.05) is 18.6 Å². The summed E-state index contributed by atoms with van der Waals surface area (Å²) in [6, 6.07) is 11.5. The average Bonchev–Trinajstić information content (AvgIpc) is 3.02. The number of nitrogens with zero attached hydrogens (tertiary/aromatic N) is 2. The summed E-state index contributed by atoms with van der Waals surface area (Å²) >= 11 is 0. The molecule has 1 saturated carbocycles. The molecule has 9 heteroatoms. The minimum Gasteiger partial charge on any atom is -0.497 e. The molecule has 0 bridgehead atoms. The van der Waals surface area contributed by atoms with Crippen molar-refractivity contribution >= 4 is 27.6 Å².